The van der Waals surface area contributed by atoms with Gasteiger partial charge in [0.1, 0.15) is 5.75 Å². The van der Waals surface area contributed by atoms with Gasteiger partial charge in [-0.3, -0.25) is 4.79 Å². The molecule has 1 aromatic rings. The summed E-state index contributed by atoms with van der Waals surface area (Å²) in [6.45, 7) is 5.70. The quantitative estimate of drug-likeness (QED) is 0.688. The van der Waals surface area contributed by atoms with E-state index < -0.39 is 0 Å². The van der Waals surface area contributed by atoms with E-state index >= 15 is 0 Å². The smallest absolute Gasteiger partial charge is 0.160 e. The minimum Gasteiger partial charge on any atom is -0.496 e. The lowest BCUT2D eigenvalue weighted by atomic mass is 9.94. The van der Waals surface area contributed by atoms with Crippen LogP contribution < -0.4 is 4.74 Å². The molecule has 0 atom stereocenters. The van der Waals surface area contributed by atoms with Gasteiger partial charge < -0.3 is 4.74 Å². The number of ketones is 1. The van der Waals surface area contributed by atoms with Gasteiger partial charge in [-0.1, -0.05) is 26.0 Å². The molecule has 0 amide bonds. The molecule has 0 saturated heterocycles. The van der Waals surface area contributed by atoms with E-state index in [1.807, 2.05) is 18.2 Å². The van der Waals surface area contributed by atoms with Gasteiger partial charge in [0.2, 0.25) is 0 Å². The highest BCUT2D eigenvalue weighted by atomic mass is 16.5. The zero-order valence-electron chi connectivity index (χ0n) is 9.13. The van der Waals surface area contributed by atoms with Crippen molar-refractivity contribution >= 4 is 5.78 Å². The molecule has 0 aliphatic heterocycles. The summed E-state index contributed by atoms with van der Waals surface area (Å²) in [6.07, 6.45) is 0. The fourth-order valence-electron chi connectivity index (χ4n) is 1.62. The molecule has 0 N–H and O–H groups in total. The number of ether oxygens (including phenoxy) is 1. The monoisotopic (exact) mass is 192 g/mol. The Morgan fingerprint density at radius 3 is 2.43 bits per heavy atom. The molecule has 0 heterocycles. The molecule has 0 unspecified atom stereocenters. The van der Waals surface area contributed by atoms with E-state index in [0.29, 0.717) is 5.92 Å². The molecule has 14 heavy (non-hydrogen) atoms. The molecule has 0 radical (unpaired) electrons. The van der Waals surface area contributed by atoms with E-state index in [1.165, 1.54) is 0 Å². The molecule has 0 spiro atoms. The van der Waals surface area contributed by atoms with Crippen LogP contribution in [0.2, 0.25) is 0 Å². The molecule has 2 heteroatoms. The maximum absolute atomic E-state index is 11.4. The van der Waals surface area contributed by atoms with Gasteiger partial charge in [0, 0.05) is 11.1 Å². The summed E-state index contributed by atoms with van der Waals surface area (Å²) in [7, 11) is 1.63. The Morgan fingerprint density at radius 2 is 2.00 bits per heavy atom. The number of carbonyl (C=O) groups excluding carboxylic acids is 1. The van der Waals surface area contributed by atoms with Crippen LogP contribution in [0, 0.1) is 0 Å². The Labute approximate surface area is 84.9 Å². The first kappa shape index (κ1) is 10.8. The summed E-state index contributed by atoms with van der Waals surface area (Å²) in [4.78, 5) is 11.4. The highest BCUT2D eigenvalue weighted by Crippen LogP contribution is 2.29. The van der Waals surface area contributed by atoms with Gasteiger partial charge in [0.25, 0.3) is 0 Å². The lowest BCUT2D eigenvalue weighted by molar-refractivity contribution is 0.101. The molecule has 0 saturated carbocycles. The first-order valence-corrected chi connectivity index (χ1v) is 4.75. The second kappa shape index (κ2) is 4.27. The number of rotatable bonds is 3. The Kier molecular flexibility index (Phi) is 3.28. The van der Waals surface area contributed by atoms with Crippen LogP contribution >= 0.6 is 0 Å². The van der Waals surface area contributed by atoms with Gasteiger partial charge in [0.15, 0.2) is 5.78 Å². The second-order valence-electron chi connectivity index (χ2n) is 3.63. The number of carbonyl (C=O) groups is 1. The summed E-state index contributed by atoms with van der Waals surface area (Å²) in [5, 5.41) is 0. The third-order valence-electron chi connectivity index (χ3n) is 2.24. The number of hydrogen-bond donors (Lipinski definition) is 0. The van der Waals surface area contributed by atoms with Crippen LogP contribution in [0.3, 0.4) is 0 Å². The third-order valence-corrected chi connectivity index (χ3v) is 2.24. The van der Waals surface area contributed by atoms with Crippen LogP contribution in [-0.4, -0.2) is 12.9 Å². The summed E-state index contributed by atoms with van der Waals surface area (Å²) in [5.74, 6) is 1.19. The van der Waals surface area contributed by atoms with Crippen molar-refractivity contribution in [3.8, 4) is 5.75 Å². The van der Waals surface area contributed by atoms with Crippen molar-refractivity contribution < 1.29 is 9.53 Å². The standard InChI is InChI=1S/C12H16O2/c1-8(2)12-10(9(3)13)6-5-7-11(12)14-4/h5-8H,1-4H3. The molecule has 1 aromatic carbocycles. The van der Waals surface area contributed by atoms with Crippen LogP contribution in [0.15, 0.2) is 18.2 Å². The molecule has 1 rings (SSSR count). The zero-order valence-corrected chi connectivity index (χ0v) is 9.13. The Balaban J connectivity index is 3.35. The maximum Gasteiger partial charge on any atom is 0.160 e. The average molecular weight is 192 g/mol. The predicted octanol–water partition coefficient (Wildman–Crippen LogP) is 3.02. The molecular formula is C12H16O2. The number of methoxy groups -OCH3 is 1. The van der Waals surface area contributed by atoms with E-state index in [2.05, 4.69) is 13.8 Å². The maximum atomic E-state index is 11.4. The highest BCUT2D eigenvalue weighted by Gasteiger charge is 2.14. The fraction of sp³-hybridized carbons (Fsp3) is 0.417. The minimum absolute atomic E-state index is 0.0904. The highest BCUT2D eigenvalue weighted by molar-refractivity contribution is 5.96. The van der Waals surface area contributed by atoms with Crippen molar-refractivity contribution in [2.45, 2.75) is 26.7 Å². The average Bonchev–Trinajstić information content (AvgIpc) is 2.16. The summed E-state index contributed by atoms with van der Waals surface area (Å²) < 4.78 is 5.25. The van der Waals surface area contributed by atoms with Crippen molar-refractivity contribution in [1.82, 2.24) is 0 Å². The topological polar surface area (TPSA) is 26.3 Å². The molecule has 0 bridgehead atoms. The van der Waals surface area contributed by atoms with Crippen molar-refractivity contribution in [2.75, 3.05) is 7.11 Å². The van der Waals surface area contributed by atoms with E-state index in [9.17, 15) is 4.79 Å². The molecular weight excluding hydrogens is 176 g/mol. The van der Waals surface area contributed by atoms with Crippen LogP contribution in [-0.2, 0) is 0 Å². The van der Waals surface area contributed by atoms with E-state index in [1.54, 1.807) is 14.0 Å². The van der Waals surface area contributed by atoms with Crippen LogP contribution in [0.5, 0.6) is 5.75 Å². The number of Topliss-reactive ketones (excluding diaryl/α,β-unsaturated/α-hetero) is 1. The molecule has 0 aromatic heterocycles. The van der Waals surface area contributed by atoms with Gasteiger partial charge in [-0.05, 0) is 18.9 Å². The van der Waals surface area contributed by atoms with Gasteiger partial charge in [0.05, 0.1) is 7.11 Å². The normalized spacial score (nSPS) is 10.4. The molecule has 0 aliphatic carbocycles. The predicted molar refractivity (Wildman–Crippen MR) is 57.1 cm³/mol. The Morgan fingerprint density at radius 1 is 1.36 bits per heavy atom. The fourth-order valence-corrected chi connectivity index (χ4v) is 1.62. The number of benzene rings is 1. The first-order valence-electron chi connectivity index (χ1n) is 4.75. The van der Waals surface area contributed by atoms with Crippen molar-refractivity contribution in [3.63, 3.8) is 0 Å². The van der Waals surface area contributed by atoms with Crippen molar-refractivity contribution in [2.24, 2.45) is 0 Å². The summed E-state index contributed by atoms with van der Waals surface area (Å²) >= 11 is 0. The van der Waals surface area contributed by atoms with E-state index in [-0.39, 0.29) is 5.78 Å². The van der Waals surface area contributed by atoms with Gasteiger partial charge >= 0.3 is 0 Å². The lowest BCUT2D eigenvalue weighted by Gasteiger charge is -2.14. The lowest BCUT2D eigenvalue weighted by Crippen LogP contribution is -2.03. The first-order chi connectivity index (χ1) is 6.57. The molecule has 76 valence electrons. The number of hydrogen-bond acceptors (Lipinski definition) is 2. The van der Waals surface area contributed by atoms with Crippen LogP contribution in [0.4, 0.5) is 0 Å². The van der Waals surface area contributed by atoms with Gasteiger partial charge in [-0.15, -0.1) is 0 Å². The van der Waals surface area contributed by atoms with Crippen LogP contribution in [0.25, 0.3) is 0 Å². The Hall–Kier alpha value is -1.31. The van der Waals surface area contributed by atoms with Crippen molar-refractivity contribution in [3.05, 3.63) is 29.3 Å². The second-order valence-corrected chi connectivity index (χ2v) is 3.63. The van der Waals surface area contributed by atoms with Crippen molar-refractivity contribution in [1.29, 1.82) is 0 Å². The van der Waals surface area contributed by atoms with E-state index in [4.69, 9.17) is 4.74 Å². The summed E-state index contributed by atoms with van der Waals surface area (Å²) in [5.41, 5.74) is 1.77. The third kappa shape index (κ3) is 1.95. The molecule has 0 fully saturated rings. The van der Waals surface area contributed by atoms with Gasteiger partial charge in [-0.2, -0.15) is 0 Å². The van der Waals surface area contributed by atoms with Gasteiger partial charge in [-0.25, -0.2) is 0 Å². The molecule has 0 aliphatic rings. The minimum atomic E-state index is 0.0904. The van der Waals surface area contributed by atoms with E-state index in [0.717, 1.165) is 16.9 Å². The molecule has 2 nitrogen and oxygen atoms in total. The van der Waals surface area contributed by atoms with Crippen LogP contribution in [0.1, 0.15) is 42.6 Å². The zero-order chi connectivity index (χ0) is 10.7. The SMILES string of the molecule is COc1cccc(C(C)=O)c1C(C)C. The summed E-state index contributed by atoms with van der Waals surface area (Å²) in [6, 6.07) is 5.59. The Bertz CT molecular complexity index is 340. The largest absolute Gasteiger partial charge is 0.496 e.